The van der Waals surface area contributed by atoms with E-state index in [1.807, 2.05) is 0 Å². The van der Waals surface area contributed by atoms with E-state index in [1.54, 1.807) is 0 Å². The van der Waals surface area contributed by atoms with E-state index in [-0.39, 0.29) is 11.3 Å². The van der Waals surface area contributed by atoms with Gasteiger partial charge >= 0.3 is 0 Å². The molecule has 0 aliphatic rings. The summed E-state index contributed by atoms with van der Waals surface area (Å²) in [4.78, 5) is 13.8. The van der Waals surface area contributed by atoms with Crippen LogP contribution in [0.1, 0.15) is 59.3 Å². The number of carbonyl (C=O) groups excluding carboxylic acids is 1. The van der Waals surface area contributed by atoms with Gasteiger partial charge in [0.2, 0.25) is 5.91 Å². The lowest BCUT2D eigenvalue weighted by Crippen LogP contribution is -2.39. The molecule has 0 aromatic carbocycles. The first-order valence-corrected chi connectivity index (χ1v) is 7.29. The summed E-state index contributed by atoms with van der Waals surface area (Å²) in [6.45, 7) is 8.34. The average molecular weight is 256 g/mol. The van der Waals surface area contributed by atoms with Crippen LogP contribution in [0.2, 0.25) is 0 Å². The number of rotatable bonds is 10. The molecule has 0 unspecified atom stereocenters. The Kier molecular flexibility index (Phi) is 9.08. The average Bonchev–Trinajstić information content (AvgIpc) is 2.24. The van der Waals surface area contributed by atoms with Crippen molar-refractivity contribution in [2.24, 2.45) is 5.41 Å². The van der Waals surface area contributed by atoms with Gasteiger partial charge in [-0.1, -0.05) is 46.5 Å². The largest absolute Gasteiger partial charge is 0.356 e. The van der Waals surface area contributed by atoms with Crippen LogP contribution in [0.3, 0.4) is 0 Å². The van der Waals surface area contributed by atoms with Crippen LogP contribution in [0, 0.1) is 5.41 Å². The van der Waals surface area contributed by atoms with E-state index in [9.17, 15) is 4.79 Å². The Morgan fingerprint density at radius 2 is 1.72 bits per heavy atom. The van der Waals surface area contributed by atoms with Crippen molar-refractivity contribution in [1.29, 1.82) is 0 Å². The molecule has 0 saturated heterocycles. The first-order chi connectivity index (χ1) is 8.37. The minimum Gasteiger partial charge on any atom is -0.356 e. The van der Waals surface area contributed by atoms with E-state index in [4.69, 9.17) is 0 Å². The number of hydrogen-bond donors (Lipinski definition) is 1. The molecule has 0 bridgehead atoms. The van der Waals surface area contributed by atoms with Crippen LogP contribution in [0.5, 0.6) is 0 Å². The molecule has 3 nitrogen and oxygen atoms in total. The Hall–Kier alpha value is -0.570. The molecule has 0 radical (unpaired) electrons. The molecule has 1 amide bonds. The Balaban J connectivity index is 3.63. The molecule has 0 aliphatic heterocycles. The summed E-state index contributed by atoms with van der Waals surface area (Å²) < 4.78 is 0. The van der Waals surface area contributed by atoms with Crippen LogP contribution in [0.4, 0.5) is 0 Å². The van der Waals surface area contributed by atoms with Gasteiger partial charge < -0.3 is 10.2 Å². The van der Waals surface area contributed by atoms with E-state index in [1.165, 1.54) is 25.7 Å². The van der Waals surface area contributed by atoms with Gasteiger partial charge in [-0.2, -0.15) is 0 Å². The molecular weight excluding hydrogens is 224 g/mol. The molecule has 0 aliphatic carbocycles. The van der Waals surface area contributed by atoms with Crippen LogP contribution in [-0.4, -0.2) is 38.0 Å². The second kappa shape index (κ2) is 9.37. The van der Waals surface area contributed by atoms with Crippen molar-refractivity contribution in [3.63, 3.8) is 0 Å². The number of carbonyl (C=O) groups is 1. The first kappa shape index (κ1) is 17.4. The fraction of sp³-hybridized carbons (Fsp3) is 0.933. The standard InChI is InChI=1S/C15H32N2O/c1-6-7-8-9-10-11-14(18)16-12-15(2,3)13-17(4)5/h6-13H2,1-5H3,(H,16,18). The second-order valence-electron chi connectivity index (χ2n) is 6.34. The zero-order valence-corrected chi connectivity index (χ0v) is 13.0. The van der Waals surface area contributed by atoms with Crippen molar-refractivity contribution < 1.29 is 4.79 Å². The minimum absolute atomic E-state index is 0.140. The summed E-state index contributed by atoms with van der Waals surface area (Å²) in [7, 11) is 4.13. The minimum atomic E-state index is 0.140. The van der Waals surface area contributed by atoms with Crippen molar-refractivity contribution in [2.45, 2.75) is 59.3 Å². The quantitative estimate of drug-likeness (QED) is 0.609. The van der Waals surface area contributed by atoms with Crippen LogP contribution in [0.15, 0.2) is 0 Å². The number of nitrogens with one attached hydrogen (secondary N) is 1. The lowest BCUT2D eigenvalue weighted by atomic mass is 9.93. The van der Waals surface area contributed by atoms with Gasteiger partial charge in [0.05, 0.1) is 0 Å². The summed E-state index contributed by atoms with van der Waals surface area (Å²) in [5.74, 6) is 0.207. The predicted octanol–water partition coefficient (Wildman–Crippen LogP) is 3.05. The molecule has 0 aromatic heterocycles. The lowest BCUT2D eigenvalue weighted by Gasteiger charge is -2.28. The second-order valence-corrected chi connectivity index (χ2v) is 6.34. The molecule has 0 heterocycles. The van der Waals surface area contributed by atoms with E-state index in [0.29, 0.717) is 6.42 Å². The molecule has 18 heavy (non-hydrogen) atoms. The Morgan fingerprint density at radius 1 is 1.11 bits per heavy atom. The molecule has 1 N–H and O–H groups in total. The number of unbranched alkanes of at least 4 members (excludes halogenated alkanes) is 4. The predicted molar refractivity (Wildman–Crippen MR) is 78.7 cm³/mol. The Morgan fingerprint density at radius 3 is 2.28 bits per heavy atom. The maximum absolute atomic E-state index is 11.7. The highest BCUT2D eigenvalue weighted by Crippen LogP contribution is 2.14. The van der Waals surface area contributed by atoms with E-state index >= 15 is 0 Å². The molecule has 0 rings (SSSR count). The summed E-state index contributed by atoms with van der Waals surface area (Å²) in [5, 5.41) is 3.05. The highest BCUT2D eigenvalue weighted by Gasteiger charge is 2.19. The van der Waals surface area contributed by atoms with Crippen LogP contribution in [0.25, 0.3) is 0 Å². The van der Waals surface area contributed by atoms with Gasteiger partial charge in [-0.05, 0) is 25.9 Å². The highest BCUT2D eigenvalue weighted by molar-refractivity contribution is 5.75. The van der Waals surface area contributed by atoms with Gasteiger partial charge in [0.25, 0.3) is 0 Å². The van der Waals surface area contributed by atoms with Crippen LogP contribution >= 0.6 is 0 Å². The number of nitrogens with zero attached hydrogens (tertiary/aromatic N) is 1. The van der Waals surface area contributed by atoms with Gasteiger partial charge in [-0.3, -0.25) is 4.79 Å². The van der Waals surface area contributed by atoms with Crippen molar-refractivity contribution in [3.05, 3.63) is 0 Å². The smallest absolute Gasteiger partial charge is 0.220 e. The van der Waals surface area contributed by atoms with E-state index < -0.39 is 0 Å². The molecule has 0 atom stereocenters. The Bertz CT molecular complexity index is 225. The zero-order valence-electron chi connectivity index (χ0n) is 13.0. The highest BCUT2D eigenvalue weighted by atomic mass is 16.1. The normalized spacial score (nSPS) is 11.9. The summed E-state index contributed by atoms with van der Waals surface area (Å²) in [5.41, 5.74) is 0.140. The lowest BCUT2D eigenvalue weighted by molar-refractivity contribution is -0.121. The van der Waals surface area contributed by atoms with Crippen molar-refractivity contribution in [1.82, 2.24) is 10.2 Å². The maximum atomic E-state index is 11.7. The van der Waals surface area contributed by atoms with Crippen LogP contribution in [-0.2, 0) is 4.79 Å². The van der Waals surface area contributed by atoms with Gasteiger partial charge in [-0.15, -0.1) is 0 Å². The fourth-order valence-corrected chi connectivity index (χ4v) is 2.23. The van der Waals surface area contributed by atoms with Crippen molar-refractivity contribution >= 4 is 5.91 Å². The van der Waals surface area contributed by atoms with Gasteiger partial charge in [-0.25, -0.2) is 0 Å². The van der Waals surface area contributed by atoms with E-state index in [0.717, 1.165) is 19.5 Å². The topological polar surface area (TPSA) is 32.3 Å². The van der Waals surface area contributed by atoms with Crippen molar-refractivity contribution in [2.75, 3.05) is 27.2 Å². The molecule has 0 aromatic rings. The third-order valence-electron chi connectivity index (χ3n) is 3.02. The summed E-state index contributed by atoms with van der Waals surface area (Å²) in [6, 6.07) is 0. The van der Waals surface area contributed by atoms with E-state index in [2.05, 4.69) is 45.1 Å². The monoisotopic (exact) mass is 256 g/mol. The summed E-state index contributed by atoms with van der Waals surface area (Å²) >= 11 is 0. The first-order valence-electron chi connectivity index (χ1n) is 7.29. The molecule has 3 heteroatoms. The van der Waals surface area contributed by atoms with Gasteiger partial charge in [0.1, 0.15) is 0 Å². The SMILES string of the molecule is CCCCCCCC(=O)NCC(C)(C)CN(C)C. The van der Waals surface area contributed by atoms with Gasteiger partial charge in [0, 0.05) is 19.5 Å². The fourth-order valence-electron chi connectivity index (χ4n) is 2.23. The number of hydrogen-bond acceptors (Lipinski definition) is 2. The zero-order chi connectivity index (χ0) is 14.0. The molecule has 0 fully saturated rings. The maximum Gasteiger partial charge on any atom is 0.220 e. The number of amides is 1. The van der Waals surface area contributed by atoms with Crippen molar-refractivity contribution in [3.8, 4) is 0 Å². The third-order valence-corrected chi connectivity index (χ3v) is 3.02. The molecule has 108 valence electrons. The van der Waals surface area contributed by atoms with Gasteiger partial charge in [0.15, 0.2) is 0 Å². The van der Waals surface area contributed by atoms with Crippen LogP contribution < -0.4 is 5.32 Å². The summed E-state index contributed by atoms with van der Waals surface area (Å²) in [6.07, 6.45) is 6.70. The molecule has 0 saturated carbocycles. The molecular formula is C15H32N2O. The Labute approximate surface area is 113 Å². The molecule has 0 spiro atoms. The third kappa shape index (κ3) is 10.6.